The number of rotatable bonds is 6. The van der Waals surface area contributed by atoms with Gasteiger partial charge in [-0.25, -0.2) is 4.79 Å². The maximum atomic E-state index is 11.9. The van der Waals surface area contributed by atoms with Crippen LogP contribution in [0.4, 0.5) is 4.79 Å². The van der Waals surface area contributed by atoms with Crippen molar-refractivity contribution in [2.24, 2.45) is 5.41 Å². The summed E-state index contributed by atoms with van der Waals surface area (Å²) >= 11 is 0. The van der Waals surface area contributed by atoms with Gasteiger partial charge < -0.3 is 15.4 Å². The second-order valence-corrected chi connectivity index (χ2v) is 5.56. The lowest BCUT2D eigenvalue weighted by Crippen LogP contribution is -2.45. The van der Waals surface area contributed by atoms with E-state index in [2.05, 4.69) is 10.6 Å². The van der Waals surface area contributed by atoms with Gasteiger partial charge in [0.05, 0.1) is 13.2 Å². The Hall–Kier alpha value is -1.63. The molecule has 112 valence electrons. The minimum atomic E-state index is -0.502. The Morgan fingerprint density at radius 1 is 1.40 bits per heavy atom. The molecule has 2 N–H and O–H groups in total. The van der Waals surface area contributed by atoms with E-state index < -0.39 is 6.03 Å². The molecule has 0 radical (unpaired) electrons. The number of methoxy groups -OCH3 is 1. The Kier molecular flexibility index (Phi) is 4.59. The van der Waals surface area contributed by atoms with Crippen LogP contribution in [0, 0.1) is 5.41 Å². The van der Waals surface area contributed by atoms with Crippen molar-refractivity contribution in [2.75, 3.05) is 33.4 Å². The van der Waals surface area contributed by atoms with Crippen LogP contribution in [-0.2, 0) is 14.3 Å². The van der Waals surface area contributed by atoms with Crippen LogP contribution in [0.1, 0.15) is 25.7 Å². The first-order valence-electron chi connectivity index (χ1n) is 6.90. The van der Waals surface area contributed by atoms with Crippen LogP contribution in [0.5, 0.6) is 0 Å². The van der Waals surface area contributed by atoms with Gasteiger partial charge in [-0.1, -0.05) is 12.8 Å². The van der Waals surface area contributed by atoms with Gasteiger partial charge in [0.2, 0.25) is 5.91 Å². The molecule has 20 heavy (non-hydrogen) atoms. The summed E-state index contributed by atoms with van der Waals surface area (Å²) < 4.78 is 5.25. The predicted molar refractivity (Wildman–Crippen MR) is 70.9 cm³/mol. The highest BCUT2D eigenvalue weighted by molar-refractivity contribution is 6.04. The molecule has 2 rings (SSSR count). The highest BCUT2D eigenvalue weighted by Crippen LogP contribution is 2.37. The zero-order valence-electron chi connectivity index (χ0n) is 11.7. The number of nitrogens with one attached hydrogen (secondary N) is 2. The SMILES string of the molecule is COCC1(CNC(=O)CN2C(=O)CNC2=O)CCCC1. The van der Waals surface area contributed by atoms with Crippen molar-refractivity contribution in [1.29, 1.82) is 0 Å². The molecule has 7 heteroatoms. The second-order valence-electron chi connectivity index (χ2n) is 5.56. The molecule has 0 bridgehead atoms. The van der Waals surface area contributed by atoms with E-state index in [4.69, 9.17) is 4.74 Å². The largest absolute Gasteiger partial charge is 0.384 e. The van der Waals surface area contributed by atoms with Crippen LogP contribution in [-0.4, -0.2) is 56.1 Å². The van der Waals surface area contributed by atoms with Crippen LogP contribution in [0.25, 0.3) is 0 Å². The Bertz CT molecular complexity index is 388. The number of nitrogens with zero attached hydrogens (tertiary/aromatic N) is 1. The van der Waals surface area contributed by atoms with E-state index in [-0.39, 0.29) is 30.3 Å². The summed E-state index contributed by atoms with van der Waals surface area (Å²) in [4.78, 5) is 35.5. The molecule has 2 aliphatic rings. The number of carbonyl (C=O) groups is 3. The minimum Gasteiger partial charge on any atom is -0.384 e. The Balaban J connectivity index is 1.82. The van der Waals surface area contributed by atoms with Crippen LogP contribution in [0.15, 0.2) is 0 Å². The van der Waals surface area contributed by atoms with Gasteiger partial charge in [-0.3, -0.25) is 14.5 Å². The Labute approximate surface area is 118 Å². The maximum Gasteiger partial charge on any atom is 0.325 e. The molecule has 1 saturated heterocycles. The van der Waals surface area contributed by atoms with E-state index in [0.29, 0.717) is 13.2 Å². The van der Waals surface area contributed by atoms with Gasteiger partial charge >= 0.3 is 6.03 Å². The minimum absolute atomic E-state index is 0.00167. The van der Waals surface area contributed by atoms with Crippen molar-refractivity contribution in [2.45, 2.75) is 25.7 Å². The summed E-state index contributed by atoms with van der Waals surface area (Å²) in [6, 6.07) is -0.502. The highest BCUT2D eigenvalue weighted by atomic mass is 16.5. The molecule has 0 spiro atoms. The van der Waals surface area contributed by atoms with E-state index in [9.17, 15) is 14.4 Å². The molecule has 1 heterocycles. The molecular formula is C13H21N3O4. The fraction of sp³-hybridized carbons (Fsp3) is 0.769. The van der Waals surface area contributed by atoms with Crippen LogP contribution in [0.3, 0.4) is 0 Å². The standard InChI is InChI=1S/C13H21N3O4/c1-20-9-13(4-2-3-5-13)8-15-10(17)7-16-11(18)6-14-12(16)19/h2-9H2,1H3,(H,14,19)(H,15,17). The molecule has 2 fully saturated rings. The van der Waals surface area contributed by atoms with E-state index in [1.807, 2.05) is 0 Å². The number of ether oxygens (including phenoxy) is 1. The fourth-order valence-corrected chi connectivity index (χ4v) is 2.90. The number of hydrogen-bond acceptors (Lipinski definition) is 4. The molecule has 0 aromatic rings. The zero-order chi connectivity index (χ0) is 14.6. The maximum absolute atomic E-state index is 11.9. The first-order valence-corrected chi connectivity index (χ1v) is 6.90. The summed E-state index contributed by atoms with van der Waals surface area (Å²) in [6.07, 6.45) is 4.35. The van der Waals surface area contributed by atoms with Crippen molar-refractivity contribution >= 4 is 17.8 Å². The summed E-state index contributed by atoms with van der Waals surface area (Å²) in [5.74, 6) is -0.671. The van der Waals surface area contributed by atoms with Gasteiger partial charge in [-0.05, 0) is 12.8 Å². The van der Waals surface area contributed by atoms with Crippen LogP contribution < -0.4 is 10.6 Å². The monoisotopic (exact) mass is 283 g/mol. The average Bonchev–Trinajstić information content (AvgIpc) is 3.00. The number of imide groups is 1. The average molecular weight is 283 g/mol. The summed E-state index contributed by atoms with van der Waals surface area (Å²) in [7, 11) is 1.66. The molecule has 1 aliphatic heterocycles. The lowest BCUT2D eigenvalue weighted by Gasteiger charge is -2.28. The third-order valence-electron chi connectivity index (χ3n) is 4.01. The van der Waals surface area contributed by atoms with E-state index in [1.54, 1.807) is 7.11 Å². The van der Waals surface area contributed by atoms with Gasteiger partial charge in [-0.2, -0.15) is 0 Å². The summed E-state index contributed by atoms with van der Waals surface area (Å²) in [5.41, 5.74) is 0.00167. The Morgan fingerprint density at radius 2 is 2.10 bits per heavy atom. The quantitative estimate of drug-likeness (QED) is 0.664. The molecule has 0 unspecified atom stereocenters. The molecule has 1 aliphatic carbocycles. The lowest BCUT2D eigenvalue weighted by molar-refractivity contribution is -0.130. The summed E-state index contributed by atoms with van der Waals surface area (Å²) in [5, 5.41) is 5.21. The van der Waals surface area contributed by atoms with Crippen molar-refractivity contribution in [3.8, 4) is 0 Å². The normalized spacial score (nSPS) is 21.1. The molecule has 0 aromatic carbocycles. The van der Waals surface area contributed by atoms with Gasteiger partial charge in [0.25, 0.3) is 5.91 Å². The highest BCUT2D eigenvalue weighted by Gasteiger charge is 2.35. The van der Waals surface area contributed by atoms with Crippen molar-refractivity contribution in [3.05, 3.63) is 0 Å². The molecule has 0 aromatic heterocycles. The first kappa shape index (κ1) is 14.8. The van der Waals surface area contributed by atoms with Crippen LogP contribution >= 0.6 is 0 Å². The van der Waals surface area contributed by atoms with Crippen LogP contribution in [0.2, 0.25) is 0 Å². The van der Waals surface area contributed by atoms with Crippen molar-refractivity contribution in [3.63, 3.8) is 0 Å². The number of urea groups is 1. The first-order chi connectivity index (χ1) is 9.56. The Morgan fingerprint density at radius 3 is 2.65 bits per heavy atom. The van der Waals surface area contributed by atoms with Crippen molar-refractivity contribution < 1.29 is 19.1 Å². The topological polar surface area (TPSA) is 87.7 Å². The van der Waals surface area contributed by atoms with Gasteiger partial charge in [0, 0.05) is 19.1 Å². The van der Waals surface area contributed by atoms with E-state index in [0.717, 1.165) is 30.6 Å². The van der Waals surface area contributed by atoms with Gasteiger partial charge in [0.1, 0.15) is 6.54 Å². The van der Waals surface area contributed by atoms with Gasteiger partial charge in [0.15, 0.2) is 0 Å². The second kappa shape index (κ2) is 6.21. The van der Waals surface area contributed by atoms with E-state index >= 15 is 0 Å². The third kappa shape index (κ3) is 3.27. The fourth-order valence-electron chi connectivity index (χ4n) is 2.90. The molecule has 7 nitrogen and oxygen atoms in total. The number of hydrogen-bond donors (Lipinski definition) is 2. The number of carbonyl (C=O) groups excluding carboxylic acids is 3. The number of amides is 4. The molecule has 4 amide bonds. The smallest absolute Gasteiger partial charge is 0.325 e. The van der Waals surface area contributed by atoms with Gasteiger partial charge in [-0.15, -0.1) is 0 Å². The molecule has 0 atom stereocenters. The van der Waals surface area contributed by atoms with Crippen molar-refractivity contribution in [1.82, 2.24) is 15.5 Å². The molecule has 1 saturated carbocycles. The molecular weight excluding hydrogens is 262 g/mol. The summed E-state index contributed by atoms with van der Waals surface area (Å²) in [6.45, 7) is 0.910. The zero-order valence-corrected chi connectivity index (χ0v) is 11.7. The predicted octanol–water partition coefficient (Wildman–Crippen LogP) is -0.139. The van der Waals surface area contributed by atoms with E-state index in [1.165, 1.54) is 0 Å². The third-order valence-corrected chi connectivity index (χ3v) is 4.01. The lowest BCUT2D eigenvalue weighted by atomic mass is 9.87.